The zero-order valence-corrected chi connectivity index (χ0v) is 16.1. The van der Waals surface area contributed by atoms with Gasteiger partial charge in [0.15, 0.2) is 0 Å². The fourth-order valence-electron chi connectivity index (χ4n) is 3.50. The number of carbonyl (C=O) groups is 1. The van der Waals surface area contributed by atoms with Gasteiger partial charge in [-0.2, -0.15) is 0 Å². The van der Waals surface area contributed by atoms with Gasteiger partial charge in [-0.05, 0) is 43.0 Å². The van der Waals surface area contributed by atoms with Crippen LogP contribution in [-0.2, 0) is 4.79 Å². The topological polar surface area (TPSA) is 72.9 Å². The average Bonchev–Trinajstić information content (AvgIpc) is 3.10. The van der Waals surface area contributed by atoms with Crippen molar-refractivity contribution in [1.29, 1.82) is 0 Å². The van der Waals surface area contributed by atoms with Gasteiger partial charge in [0.05, 0.1) is 12.0 Å². The number of halogens is 3. The maximum absolute atomic E-state index is 14.2. The smallest absolute Gasteiger partial charge is 0.224 e. The molecule has 1 aromatic carbocycles. The third kappa shape index (κ3) is 5.19. The Bertz CT molecular complexity index is 703. The molecule has 1 aromatic heterocycles. The van der Waals surface area contributed by atoms with Gasteiger partial charge in [-0.25, -0.2) is 9.37 Å². The molecule has 0 atom stereocenters. The highest BCUT2D eigenvalue weighted by atomic mass is 35.5. The van der Waals surface area contributed by atoms with Crippen LogP contribution in [-0.4, -0.2) is 22.0 Å². The van der Waals surface area contributed by atoms with Crippen molar-refractivity contribution in [3.05, 3.63) is 42.7 Å². The number of carbonyl (C=O) groups excluding carboxylic acids is 1. The fourth-order valence-corrected chi connectivity index (χ4v) is 3.50. The van der Waals surface area contributed by atoms with Crippen LogP contribution >= 0.6 is 24.8 Å². The summed E-state index contributed by atoms with van der Waals surface area (Å²) in [6.07, 6.45) is 10.6. The van der Waals surface area contributed by atoms with Gasteiger partial charge < -0.3 is 15.6 Å². The molecule has 0 radical (unpaired) electrons. The van der Waals surface area contributed by atoms with E-state index in [1.807, 2.05) is 0 Å². The molecule has 1 fully saturated rings. The van der Waals surface area contributed by atoms with Crippen molar-refractivity contribution in [2.75, 3.05) is 11.9 Å². The molecule has 0 aliphatic heterocycles. The largest absolute Gasteiger partial charge is 0.330 e. The highest BCUT2D eigenvalue weighted by Crippen LogP contribution is 2.38. The second-order valence-electron chi connectivity index (χ2n) is 6.63. The lowest BCUT2D eigenvalue weighted by Gasteiger charge is -2.35. The van der Waals surface area contributed by atoms with Gasteiger partial charge in [0.2, 0.25) is 5.91 Å². The molecule has 26 heavy (non-hydrogen) atoms. The summed E-state index contributed by atoms with van der Waals surface area (Å²) in [6.45, 7) is 0.522. The van der Waals surface area contributed by atoms with Crippen molar-refractivity contribution in [2.45, 2.75) is 38.5 Å². The van der Waals surface area contributed by atoms with Gasteiger partial charge in [-0.1, -0.05) is 19.3 Å². The molecule has 1 aliphatic carbocycles. The Morgan fingerprint density at radius 2 is 2.00 bits per heavy atom. The van der Waals surface area contributed by atoms with Crippen LogP contribution in [0.5, 0.6) is 0 Å². The Balaban J connectivity index is 0.00000169. The number of benzene rings is 1. The Labute approximate surface area is 165 Å². The maximum atomic E-state index is 14.2. The second-order valence-corrected chi connectivity index (χ2v) is 6.63. The zero-order chi connectivity index (χ0) is 17.0. The number of nitrogens with zero attached hydrogens (tertiary/aromatic N) is 2. The van der Waals surface area contributed by atoms with Crippen molar-refractivity contribution < 1.29 is 9.18 Å². The number of anilines is 1. The molecule has 144 valence electrons. The summed E-state index contributed by atoms with van der Waals surface area (Å²) in [5, 5.41) is 2.80. The summed E-state index contributed by atoms with van der Waals surface area (Å²) >= 11 is 0. The molecule has 8 heteroatoms. The molecule has 0 saturated heterocycles. The van der Waals surface area contributed by atoms with Crippen LogP contribution in [0.1, 0.15) is 38.5 Å². The highest BCUT2D eigenvalue weighted by Gasteiger charge is 2.32. The first-order valence-electron chi connectivity index (χ1n) is 8.40. The number of aromatic nitrogens is 2. The van der Waals surface area contributed by atoms with E-state index < -0.39 is 5.82 Å². The van der Waals surface area contributed by atoms with E-state index >= 15 is 0 Å². The minimum atomic E-state index is -0.406. The van der Waals surface area contributed by atoms with E-state index in [1.165, 1.54) is 18.8 Å². The first kappa shape index (κ1) is 22.4. The number of rotatable bonds is 5. The summed E-state index contributed by atoms with van der Waals surface area (Å²) in [5.41, 5.74) is 6.69. The average molecular weight is 403 g/mol. The summed E-state index contributed by atoms with van der Waals surface area (Å²) < 4.78 is 15.8. The molecular weight excluding hydrogens is 378 g/mol. The van der Waals surface area contributed by atoms with Crippen molar-refractivity contribution in [2.24, 2.45) is 11.1 Å². The van der Waals surface area contributed by atoms with E-state index in [9.17, 15) is 9.18 Å². The number of hydrogen-bond acceptors (Lipinski definition) is 3. The summed E-state index contributed by atoms with van der Waals surface area (Å²) in [6, 6.07) is 4.67. The van der Waals surface area contributed by atoms with Crippen LogP contribution in [0.15, 0.2) is 36.9 Å². The molecule has 0 bridgehead atoms. The van der Waals surface area contributed by atoms with E-state index in [2.05, 4.69) is 10.3 Å². The molecule has 5 nitrogen and oxygen atoms in total. The molecule has 1 amide bonds. The van der Waals surface area contributed by atoms with Crippen LogP contribution in [0.2, 0.25) is 0 Å². The molecule has 1 aliphatic rings. The highest BCUT2D eigenvalue weighted by molar-refractivity contribution is 5.91. The van der Waals surface area contributed by atoms with E-state index in [0.717, 1.165) is 25.7 Å². The second kappa shape index (κ2) is 9.90. The van der Waals surface area contributed by atoms with Crippen molar-refractivity contribution in [3.63, 3.8) is 0 Å². The van der Waals surface area contributed by atoms with Crippen LogP contribution in [0.25, 0.3) is 5.69 Å². The van der Waals surface area contributed by atoms with E-state index in [0.29, 0.717) is 24.3 Å². The zero-order valence-electron chi connectivity index (χ0n) is 14.5. The molecule has 0 unspecified atom stereocenters. The lowest BCUT2D eigenvalue weighted by Crippen LogP contribution is -2.36. The Hall–Kier alpha value is -1.63. The lowest BCUT2D eigenvalue weighted by molar-refractivity contribution is -0.118. The van der Waals surface area contributed by atoms with Crippen LogP contribution < -0.4 is 11.1 Å². The maximum Gasteiger partial charge on any atom is 0.224 e. The lowest BCUT2D eigenvalue weighted by atomic mass is 9.71. The molecule has 1 heterocycles. The molecule has 1 saturated carbocycles. The molecular formula is C18H25Cl2FN4O. The van der Waals surface area contributed by atoms with Gasteiger partial charge in [0, 0.05) is 24.5 Å². The SMILES string of the molecule is Cl.Cl.NCC1(CC(=O)Nc2ccc(-n3ccnc3)c(F)c2)CCCCC1. The van der Waals surface area contributed by atoms with Crippen molar-refractivity contribution >= 4 is 36.4 Å². The van der Waals surface area contributed by atoms with Gasteiger partial charge in [-0.3, -0.25) is 4.79 Å². The number of imidazole rings is 1. The van der Waals surface area contributed by atoms with Crippen molar-refractivity contribution in [1.82, 2.24) is 9.55 Å². The Kier molecular flexibility index (Phi) is 8.53. The standard InChI is InChI=1S/C18H23FN4O.2ClH/c19-15-10-14(4-5-16(15)23-9-8-21-13-23)22-17(24)11-18(12-20)6-2-1-3-7-18;;/h4-5,8-10,13H,1-3,6-7,11-12,20H2,(H,22,24);2*1H. The molecule has 3 rings (SSSR count). The van der Waals surface area contributed by atoms with E-state index in [1.54, 1.807) is 29.1 Å². The first-order chi connectivity index (χ1) is 11.6. The Morgan fingerprint density at radius 1 is 1.27 bits per heavy atom. The van der Waals surface area contributed by atoms with Gasteiger partial charge in [-0.15, -0.1) is 24.8 Å². The normalized spacial score (nSPS) is 15.5. The van der Waals surface area contributed by atoms with Crippen LogP contribution in [0.4, 0.5) is 10.1 Å². The van der Waals surface area contributed by atoms with Crippen LogP contribution in [0.3, 0.4) is 0 Å². The minimum absolute atomic E-state index is 0. The number of nitrogens with two attached hydrogens (primary N) is 1. The fraction of sp³-hybridized carbons (Fsp3) is 0.444. The summed E-state index contributed by atoms with van der Waals surface area (Å²) in [4.78, 5) is 16.3. The number of amides is 1. The van der Waals surface area contributed by atoms with E-state index in [4.69, 9.17) is 5.73 Å². The first-order valence-corrected chi connectivity index (χ1v) is 8.40. The van der Waals surface area contributed by atoms with Gasteiger partial charge >= 0.3 is 0 Å². The van der Waals surface area contributed by atoms with Crippen LogP contribution in [0, 0.1) is 11.2 Å². The Morgan fingerprint density at radius 3 is 2.58 bits per heavy atom. The van der Waals surface area contributed by atoms with E-state index in [-0.39, 0.29) is 36.1 Å². The molecule has 0 spiro atoms. The molecule has 2 aromatic rings. The summed E-state index contributed by atoms with van der Waals surface area (Å²) in [7, 11) is 0. The quantitative estimate of drug-likeness (QED) is 0.790. The predicted molar refractivity (Wildman–Crippen MR) is 106 cm³/mol. The third-order valence-electron chi connectivity index (χ3n) is 4.90. The monoisotopic (exact) mass is 402 g/mol. The molecule has 3 N–H and O–H groups in total. The minimum Gasteiger partial charge on any atom is -0.330 e. The number of nitrogens with one attached hydrogen (secondary N) is 1. The van der Waals surface area contributed by atoms with Gasteiger partial charge in [0.1, 0.15) is 5.82 Å². The van der Waals surface area contributed by atoms with Gasteiger partial charge in [0.25, 0.3) is 0 Å². The number of hydrogen-bond donors (Lipinski definition) is 2. The summed E-state index contributed by atoms with van der Waals surface area (Å²) in [5.74, 6) is -0.505. The predicted octanol–water partition coefficient (Wildman–Crippen LogP) is 4.09. The van der Waals surface area contributed by atoms with Crippen molar-refractivity contribution in [3.8, 4) is 5.69 Å². The third-order valence-corrected chi connectivity index (χ3v) is 4.90.